The lowest BCUT2D eigenvalue weighted by atomic mass is 9.89. The van der Waals surface area contributed by atoms with Gasteiger partial charge in [-0.2, -0.15) is 10.2 Å². The Morgan fingerprint density at radius 1 is 1.29 bits per heavy atom. The van der Waals surface area contributed by atoms with E-state index in [9.17, 15) is 19.2 Å². The largest absolute Gasteiger partial charge is 0.479 e. The molecule has 0 bridgehead atoms. The van der Waals surface area contributed by atoms with Crippen molar-refractivity contribution >= 4 is 40.5 Å². The first-order valence-corrected chi connectivity index (χ1v) is 12.8. The molecule has 0 radical (unpaired) electrons. The summed E-state index contributed by atoms with van der Waals surface area (Å²) in [6.07, 6.45) is 2.89. The van der Waals surface area contributed by atoms with E-state index in [1.54, 1.807) is 25.1 Å². The number of aromatic nitrogens is 3. The van der Waals surface area contributed by atoms with Crippen LogP contribution in [0, 0.1) is 23.1 Å². The maximum Gasteiger partial charge on any atom is 0.275 e. The third-order valence-electron chi connectivity index (χ3n) is 6.47. The van der Waals surface area contributed by atoms with Gasteiger partial charge in [-0.3, -0.25) is 14.5 Å². The summed E-state index contributed by atoms with van der Waals surface area (Å²) in [5.41, 5.74) is 6.71. The van der Waals surface area contributed by atoms with Crippen molar-refractivity contribution in [3.8, 4) is 11.9 Å². The number of rotatable bonds is 7. The Hall–Kier alpha value is -4.76. The lowest BCUT2D eigenvalue weighted by Crippen LogP contribution is -2.37. The van der Waals surface area contributed by atoms with E-state index < -0.39 is 23.3 Å². The molecule has 0 spiro atoms. The van der Waals surface area contributed by atoms with Crippen LogP contribution >= 0.6 is 11.6 Å². The number of nitrogens with zero attached hydrogens (tertiary/aromatic N) is 7. The van der Waals surface area contributed by atoms with E-state index in [-0.39, 0.29) is 50.6 Å². The molecule has 4 rings (SSSR count). The molecule has 2 aromatic heterocycles. The summed E-state index contributed by atoms with van der Waals surface area (Å²) in [5.74, 6) is -1.21. The minimum absolute atomic E-state index is 0.0583. The molecular formula is C28H28ClFN8O3. The number of pyridine rings is 1. The third-order valence-corrected chi connectivity index (χ3v) is 6.68. The van der Waals surface area contributed by atoms with Crippen LogP contribution in [0.2, 0.25) is 5.02 Å². The number of carbonyl (C=O) groups excluding carboxylic acids is 1. The van der Waals surface area contributed by atoms with E-state index in [0.29, 0.717) is 11.7 Å². The molecule has 0 saturated carbocycles. The topological polar surface area (TPSA) is 143 Å². The van der Waals surface area contributed by atoms with Crippen LogP contribution in [0.1, 0.15) is 31.0 Å². The van der Waals surface area contributed by atoms with Crippen LogP contribution in [0.15, 0.2) is 57.7 Å². The fourth-order valence-corrected chi connectivity index (χ4v) is 4.77. The molecule has 1 aliphatic rings. The zero-order chi connectivity index (χ0) is 30.2. The highest BCUT2D eigenvalue weighted by molar-refractivity contribution is 6.31. The number of nitriles is 1. The lowest BCUT2D eigenvalue weighted by molar-refractivity contribution is -0.114. The lowest BCUT2D eigenvalue weighted by Gasteiger charge is -2.28. The summed E-state index contributed by atoms with van der Waals surface area (Å²) in [6.45, 7) is 3.70. The van der Waals surface area contributed by atoms with Crippen LogP contribution in [0.25, 0.3) is 0 Å². The first-order valence-electron chi connectivity index (χ1n) is 12.5. The highest BCUT2D eigenvalue weighted by Gasteiger charge is 2.44. The molecule has 1 amide bonds. The number of nitrogens with two attached hydrogens (primary N) is 1. The molecule has 2 N–H and O–H groups in total. The smallest absolute Gasteiger partial charge is 0.275 e. The predicted molar refractivity (Wildman–Crippen MR) is 154 cm³/mol. The molecule has 212 valence electrons. The van der Waals surface area contributed by atoms with Crippen molar-refractivity contribution in [2.24, 2.45) is 23.7 Å². The highest BCUT2D eigenvalue weighted by Crippen LogP contribution is 2.42. The van der Waals surface area contributed by atoms with Crippen LogP contribution in [-0.2, 0) is 11.8 Å². The first-order chi connectivity index (χ1) is 19.4. The van der Waals surface area contributed by atoms with E-state index in [1.807, 2.05) is 13.8 Å². The van der Waals surface area contributed by atoms with Crippen molar-refractivity contribution in [2.45, 2.75) is 19.9 Å². The van der Waals surface area contributed by atoms with Gasteiger partial charge in [-0.15, -0.1) is 0 Å². The molecule has 13 heteroatoms. The van der Waals surface area contributed by atoms with Crippen molar-refractivity contribution in [3.63, 3.8) is 0 Å². The fraction of sp³-hybridized carbons (Fsp3) is 0.286. The molecule has 0 saturated heterocycles. The summed E-state index contributed by atoms with van der Waals surface area (Å²) in [7, 11) is 6.50. The normalized spacial score (nSPS) is 15.5. The maximum atomic E-state index is 14.9. The fourth-order valence-electron chi connectivity index (χ4n) is 4.52. The molecule has 0 aliphatic carbocycles. The van der Waals surface area contributed by atoms with Crippen LogP contribution in [0.4, 0.5) is 21.7 Å². The van der Waals surface area contributed by atoms with Gasteiger partial charge in [0, 0.05) is 32.9 Å². The number of aryl methyl sites for hydroxylation is 1. The van der Waals surface area contributed by atoms with Gasteiger partial charge in [-0.05, 0) is 29.7 Å². The maximum absolute atomic E-state index is 14.9. The third kappa shape index (κ3) is 5.36. The molecule has 1 aromatic carbocycles. The Morgan fingerprint density at radius 2 is 2.00 bits per heavy atom. The van der Waals surface area contributed by atoms with Gasteiger partial charge in [0.25, 0.3) is 11.5 Å². The van der Waals surface area contributed by atoms with Crippen LogP contribution in [0.5, 0.6) is 5.88 Å². The molecule has 3 aromatic rings. The standard InChI is InChI=1S/C28H28ClFN8O3/c1-14(2)23(34-19-12-33-28(36(3)4)35-25(19)41-6)21-22(32)27(40)38(20-10-17(29)13-37(5)26(20)39)24(21)15-7-8-16(11-31)18(30)9-15/h7-10,12-14,24H,32H2,1-6H3. The summed E-state index contributed by atoms with van der Waals surface area (Å²) in [4.78, 5) is 43.4. The average molecular weight is 579 g/mol. The second-order valence-electron chi connectivity index (χ2n) is 9.83. The monoisotopic (exact) mass is 578 g/mol. The number of anilines is 2. The molecular weight excluding hydrogens is 551 g/mol. The number of carbonyl (C=O) groups is 1. The van der Waals surface area contributed by atoms with Gasteiger partial charge in [0.1, 0.15) is 29.0 Å². The van der Waals surface area contributed by atoms with Crippen molar-refractivity contribution in [2.75, 3.05) is 31.0 Å². The molecule has 0 fully saturated rings. The van der Waals surface area contributed by atoms with E-state index in [1.165, 1.54) is 54.2 Å². The Labute approximate surface area is 241 Å². The molecule has 1 atom stereocenters. The SMILES string of the molecule is COc1nc(N(C)C)ncc1N=C(C1=C(N)C(=O)N(c2cc(Cl)cn(C)c2=O)C1c1ccc(C#N)c(F)c1)C(C)C. The van der Waals surface area contributed by atoms with E-state index in [0.717, 1.165) is 6.07 Å². The van der Waals surface area contributed by atoms with E-state index in [2.05, 4.69) is 9.97 Å². The molecule has 41 heavy (non-hydrogen) atoms. The number of aliphatic imine (C=N–C) groups is 1. The zero-order valence-electron chi connectivity index (χ0n) is 23.3. The van der Waals surface area contributed by atoms with E-state index >= 15 is 0 Å². The van der Waals surface area contributed by atoms with Gasteiger partial charge < -0.3 is 19.9 Å². The predicted octanol–water partition coefficient (Wildman–Crippen LogP) is 3.64. The molecule has 3 heterocycles. The Bertz CT molecular complexity index is 1710. The minimum atomic E-state index is -1.08. The number of methoxy groups -OCH3 is 1. The van der Waals surface area contributed by atoms with Gasteiger partial charge in [0.05, 0.1) is 35.6 Å². The Balaban J connectivity index is 2.01. The van der Waals surface area contributed by atoms with Crippen LogP contribution < -0.4 is 25.8 Å². The molecule has 1 unspecified atom stereocenters. The van der Waals surface area contributed by atoms with Crippen molar-refractivity contribution in [3.05, 3.63) is 80.2 Å². The van der Waals surface area contributed by atoms with Gasteiger partial charge in [-0.25, -0.2) is 14.4 Å². The number of ether oxygens (including phenoxy) is 1. The summed E-state index contributed by atoms with van der Waals surface area (Å²) < 4.78 is 21.6. The van der Waals surface area contributed by atoms with Gasteiger partial charge in [0.2, 0.25) is 11.8 Å². The summed E-state index contributed by atoms with van der Waals surface area (Å²) in [6, 6.07) is 6.02. The minimum Gasteiger partial charge on any atom is -0.479 e. The average Bonchev–Trinajstić information content (AvgIpc) is 3.18. The number of benzene rings is 1. The zero-order valence-corrected chi connectivity index (χ0v) is 24.1. The summed E-state index contributed by atoms with van der Waals surface area (Å²) >= 11 is 6.27. The number of halogens is 2. The van der Waals surface area contributed by atoms with Crippen LogP contribution in [0.3, 0.4) is 0 Å². The number of hydrogen-bond donors (Lipinski definition) is 1. The molecule has 11 nitrogen and oxygen atoms in total. The van der Waals surface area contributed by atoms with Crippen molar-refractivity contribution in [1.82, 2.24) is 14.5 Å². The number of hydrogen-bond acceptors (Lipinski definition) is 9. The molecule has 1 aliphatic heterocycles. The Morgan fingerprint density at radius 3 is 2.59 bits per heavy atom. The van der Waals surface area contributed by atoms with E-state index in [4.69, 9.17) is 27.1 Å². The number of amides is 1. The van der Waals surface area contributed by atoms with Crippen molar-refractivity contribution < 1.29 is 13.9 Å². The highest BCUT2D eigenvalue weighted by atomic mass is 35.5. The quantitative estimate of drug-likeness (QED) is 0.419. The van der Waals surface area contributed by atoms with Gasteiger partial charge in [0.15, 0.2) is 0 Å². The first kappa shape index (κ1) is 29.2. The Kier molecular flexibility index (Phi) is 8.12. The second-order valence-corrected chi connectivity index (χ2v) is 10.3. The van der Waals surface area contributed by atoms with Gasteiger partial charge in [-0.1, -0.05) is 31.5 Å². The summed E-state index contributed by atoms with van der Waals surface area (Å²) in [5, 5.41) is 9.48. The van der Waals surface area contributed by atoms with Crippen LogP contribution in [-0.4, -0.2) is 47.4 Å². The van der Waals surface area contributed by atoms with Crippen molar-refractivity contribution in [1.29, 1.82) is 5.26 Å². The second kappa shape index (κ2) is 11.4. The van der Waals surface area contributed by atoms with Gasteiger partial charge >= 0.3 is 0 Å².